The molecular weight excluding hydrogens is 380 g/mol. The second kappa shape index (κ2) is 7.36. The van der Waals surface area contributed by atoms with Crippen molar-refractivity contribution in [2.75, 3.05) is 13.1 Å². The first-order chi connectivity index (χ1) is 11.9. The molecule has 1 aliphatic heterocycles. The minimum Gasteiger partial charge on any atom is -0.338 e. The van der Waals surface area contributed by atoms with Gasteiger partial charge in [0.15, 0.2) is 5.78 Å². The maximum absolute atomic E-state index is 12.5. The summed E-state index contributed by atoms with van der Waals surface area (Å²) in [6, 6.07) is 6.45. The number of nitrogens with zero attached hydrogens (tertiary/aromatic N) is 1. The van der Waals surface area contributed by atoms with Gasteiger partial charge in [-0.05, 0) is 43.3 Å². The molecule has 2 aromatic rings. The van der Waals surface area contributed by atoms with Gasteiger partial charge in [0, 0.05) is 19.1 Å². The van der Waals surface area contributed by atoms with Gasteiger partial charge < -0.3 is 4.90 Å². The highest BCUT2D eigenvalue weighted by molar-refractivity contribution is 7.91. The first-order valence-corrected chi connectivity index (χ1v) is 11.0. The molecule has 134 valence electrons. The number of carbonyl (C=O) groups excluding carboxylic acids is 2. The molecule has 0 atom stereocenters. The molecule has 0 spiro atoms. The van der Waals surface area contributed by atoms with E-state index < -0.39 is 10.0 Å². The van der Waals surface area contributed by atoms with Gasteiger partial charge in [-0.3, -0.25) is 9.59 Å². The standard InChI is InChI=1S/C16H18N2O4S3/c1-11(19)13-4-5-14(24-13)16(20)18-8-6-12(7-9-18)17-25(21,22)15-3-2-10-23-15/h2-5,10,12,17H,6-9H2,1H3. The Labute approximate surface area is 154 Å². The van der Waals surface area contributed by atoms with Gasteiger partial charge in [-0.2, -0.15) is 0 Å². The predicted octanol–water partition coefficient (Wildman–Crippen LogP) is 2.60. The molecule has 0 bridgehead atoms. The van der Waals surface area contributed by atoms with Gasteiger partial charge in [0.25, 0.3) is 5.91 Å². The topological polar surface area (TPSA) is 83.6 Å². The van der Waals surface area contributed by atoms with Crippen LogP contribution in [0.15, 0.2) is 33.9 Å². The fourth-order valence-corrected chi connectivity index (χ4v) is 5.88. The second-order valence-electron chi connectivity index (χ2n) is 5.84. The normalized spacial score (nSPS) is 16.1. The highest BCUT2D eigenvalue weighted by Crippen LogP contribution is 2.22. The zero-order chi connectivity index (χ0) is 18.0. The number of hydrogen-bond donors (Lipinski definition) is 1. The maximum atomic E-state index is 12.5. The molecule has 25 heavy (non-hydrogen) atoms. The van der Waals surface area contributed by atoms with Crippen molar-refractivity contribution in [2.24, 2.45) is 0 Å². The van der Waals surface area contributed by atoms with Crippen molar-refractivity contribution in [1.29, 1.82) is 0 Å². The molecular formula is C16H18N2O4S3. The molecule has 1 fully saturated rings. The summed E-state index contributed by atoms with van der Waals surface area (Å²) in [5.74, 6) is -0.150. The minimum absolute atomic E-state index is 0.0502. The van der Waals surface area contributed by atoms with Crippen molar-refractivity contribution < 1.29 is 18.0 Å². The van der Waals surface area contributed by atoms with E-state index in [0.717, 1.165) is 0 Å². The summed E-state index contributed by atoms with van der Waals surface area (Å²) < 4.78 is 27.5. The van der Waals surface area contributed by atoms with Crippen LogP contribution in [0, 0.1) is 0 Å². The Hall–Kier alpha value is -1.55. The smallest absolute Gasteiger partial charge is 0.263 e. The first kappa shape index (κ1) is 18.2. The lowest BCUT2D eigenvalue weighted by Gasteiger charge is -2.31. The van der Waals surface area contributed by atoms with E-state index in [4.69, 9.17) is 0 Å². The number of piperidine rings is 1. The van der Waals surface area contributed by atoms with Gasteiger partial charge in [0.1, 0.15) is 4.21 Å². The molecule has 3 rings (SSSR count). The summed E-state index contributed by atoms with van der Waals surface area (Å²) in [4.78, 5) is 26.7. The molecule has 6 nitrogen and oxygen atoms in total. The Balaban J connectivity index is 1.58. The number of thiophene rings is 2. The lowest BCUT2D eigenvalue weighted by molar-refractivity contribution is 0.0716. The van der Waals surface area contributed by atoms with Crippen LogP contribution in [0.3, 0.4) is 0 Å². The van der Waals surface area contributed by atoms with Crippen LogP contribution in [0.25, 0.3) is 0 Å². The number of amides is 1. The SMILES string of the molecule is CC(=O)c1ccc(C(=O)N2CCC(NS(=O)(=O)c3cccs3)CC2)s1. The van der Waals surface area contributed by atoms with Crippen LogP contribution >= 0.6 is 22.7 Å². The van der Waals surface area contributed by atoms with Gasteiger partial charge in [0.2, 0.25) is 10.0 Å². The summed E-state index contributed by atoms with van der Waals surface area (Å²) in [6.45, 7) is 2.46. The number of hydrogen-bond acceptors (Lipinski definition) is 6. The lowest BCUT2D eigenvalue weighted by Crippen LogP contribution is -2.46. The Morgan fingerprint density at radius 2 is 1.84 bits per heavy atom. The summed E-state index contributed by atoms with van der Waals surface area (Å²) in [5.41, 5.74) is 0. The number of carbonyl (C=O) groups is 2. The van der Waals surface area contributed by atoms with Crippen LogP contribution in [0.2, 0.25) is 0 Å². The third-order valence-corrected chi connectivity index (χ3v) is 8.12. The molecule has 2 aromatic heterocycles. The lowest BCUT2D eigenvalue weighted by atomic mass is 10.1. The Bertz CT molecular complexity index is 863. The van der Waals surface area contributed by atoms with Crippen molar-refractivity contribution in [3.05, 3.63) is 39.4 Å². The highest BCUT2D eigenvalue weighted by atomic mass is 32.2. The molecule has 9 heteroatoms. The van der Waals surface area contributed by atoms with Crippen LogP contribution < -0.4 is 4.72 Å². The number of ketones is 1. The van der Waals surface area contributed by atoms with Gasteiger partial charge in [-0.15, -0.1) is 22.7 Å². The molecule has 0 radical (unpaired) electrons. The number of likely N-dealkylation sites (tertiary alicyclic amines) is 1. The molecule has 0 unspecified atom stereocenters. The van der Waals surface area contributed by atoms with E-state index >= 15 is 0 Å². The third-order valence-electron chi connectivity index (χ3n) is 4.03. The number of nitrogens with one attached hydrogen (secondary N) is 1. The number of sulfonamides is 1. The summed E-state index contributed by atoms with van der Waals surface area (Å²) >= 11 is 2.39. The summed E-state index contributed by atoms with van der Waals surface area (Å²) in [7, 11) is -3.48. The largest absolute Gasteiger partial charge is 0.338 e. The van der Waals surface area contributed by atoms with Gasteiger partial charge in [-0.1, -0.05) is 6.07 Å². The molecule has 3 heterocycles. The van der Waals surface area contributed by atoms with Crippen LogP contribution in [0.1, 0.15) is 39.1 Å². The number of rotatable bonds is 5. The van der Waals surface area contributed by atoms with E-state index in [2.05, 4.69) is 4.72 Å². The second-order valence-corrected chi connectivity index (χ2v) is 9.81. The molecule has 1 aliphatic rings. The van der Waals surface area contributed by atoms with Gasteiger partial charge >= 0.3 is 0 Å². The zero-order valence-corrected chi connectivity index (χ0v) is 16.0. The van der Waals surface area contributed by atoms with E-state index in [-0.39, 0.29) is 17.7 Å². The van der Waals surface area contributed by atoms with Gasteiger partial charge in [0.05, 0.1) is 9.75 Å². The van der Waals surface area contributed by atoms with Gasteiger partial charge in [-0.25, -0.2) is 13.1 Å². The molecule has 1 N–H and O–H groups in total. The van der Waals surface area contributed by atoms with Crippen molar-refractivity contribution in [3.8, 4) is 0 Å². The van der Waals surface area contributed by atoms with Crippen molar-refractivity contribution in [2.45, 2.75) is 30.0 Å². The Morgan fingerprint density at radius 1 is 1.16 bits per heavy atom. The molecule has 1 saturated heterocycles. The quantitative estimate of drug-likeness (QED) is 0.785. The Morgan fingerprint density at radius 3 is 2.40 bits per heavy atom. The fourth-order valence-electron chi connectivity index (χ4n) is 2.69. The molecule has 0 aromatic carbocycles. The number of Topliss-reactive ketones (excluding diaryl/α,β-unsaturated/α-hetero) is 1. The first-order valence-electron chi connectivity index (χ1n) is 7.83. The van der Waals surface area contributed by atoms with Crippen LogP contribution in [0.5, 0.6) is 0 Å². The minimum atomic E-state index is -3.48. The van der Waals surface area contributed by atoms with Crippen molar-refractivity contribution in [3.63, 3.8) is 0 Å². The third kappa shape index (κ3) is 4.17. The van der Waals surface area contributed by atoms with Crippen LogP contribution in [-0.2, 0) is 10.0 Å². The molecule has 1 amide bonds. The monoisotopic (exact) mass is 398 g/mol. The van der Waals surface area contributed by atoms with E-state index in [0.29, 0.717) is 39.9 Å². The van der Waals surface area contributed by atoms with Crippen molar-refractivity contribution >= 4 is 44.4 Å². The van der Waals surface area contributed by atoms with E-state index in [1.807, 2.05) is 0 Å². The highest BCUT2D eigenvalue weighted by Gasteiger charge is 2.28. The van der Waals surface area contributed by atoms with E-state index in [9.17, 15) is 18.0 Å². The summed E-state index contributed by atoms with van der Waals surface area (Å²) in [6.07, 6.45) is 1.14. The Kier molecular flexibility index (Phi) is 5.38. The molecule has 0 aliphatic carbocycles. The fraction of sp³-hybridized carbons (Fsp3) is 0.375. The van der Waals surface area contributed by atoms with Crippen molar-refractivity contribution in [1.82, 2.24) is 9.62 Å². The maximum Gasteiger partial charge on any atom is 0.263 e. The van der Waals surface area contributed by atoms with Crippen LogP contribution in [0.4, 0.5) is 0 Å². The van der Waals surface area contributed by atoms with E-state index in [1.165, 1.54) is 29.6 Å². The summed E-state index contributed by atoms with van der Waals surface area (Å²) in [5, 5.41) is 1.73. The average molecular weight is 399 g/mol. The van der Waals surface area contributed by atoms with E-state index in [1.54, 1.807) is 34.5 Å². The average Bonchev–Trinajstić information content (AvgIpc) is 3.26. The molecule has 0 saturated carbocycles. The van der Waals surface area contributed by atoms with Crippen LogP contribution in [-0.4, -0.2) is 44.1 Å². The predicted molar refractivity (Wildman–Crippen MR) is 97.9 cm³/mol. The zero-order valence-electron chi connectivity index (χ0n) is 13.6.